The van der Waals surface area contributed by atoms with E-state index in [9.17, 15) is 18.0 Å². The Morgan fingerprint density at radius 3 is 2.62 bits per heavy atom. The van der Waals surface area contributed by atoms with Crippen LogP contribution >= 0.6 is 11.8 Å². The van der Waals surface area contributed by atoms with Crippen molar-refractivity contribution in [3.63, 3.8) is 0 Å². The Kier molecular flexibility index (Phi) is 4.79. The van der Waals surface area contributed by atoms with E-state index in [4.69, 9.17) is 5.11 Å². The number of amidine groups is 1. The number of aliphatic carboxylic acids is 1. The van der Waals surface area contributed by atoms with Crippen LogP contribution in [0.5, 0.6) is 0 Å². The van der Waals surface area contributed by atoms with Crippen LogP contribution in [-0.4, -0.2) is 64.3 Å². The lowest BCUT2D eigenvalue weighted by Gasteiger charge is -2.36. The molecular formula is C17H24N2O5S2. The Labute approximate surface area is 157 Å². The summed E-state index contributed by atoms with van der Waals surface area (Å²) in [6.07, 6.45) is 5.08. The Bertz CT molecular complexity index is 750. The van der Waals surface area contributed by atoms with Crippen LogP contribution in [0.3, 0.4) is 0 Å². The van der Waals surface area contributed by atoms with Crippen LogP contribution in [0, 0.1) is 11.8 Å². The normalized spacial score (nSPS) is 38.8. The molecule has 2 saturated carbocycles. The van der Waals surface area contributed by atoms with Crippen LogP contribution in [-0.2, 0) is 19.4 Å². The zero-order valence-electron chi connectivity index (χ0n) is 14.5. The molecule has 144 valence electrons. The predicted molar refractivity (Wildman–Crippen MR) is 98.8 cm³/mol. The molecule has 2 heterocycles. The largest absolute Gasteiger partial charge is 0.481 e. The smallest absolute Gasteiger partial charge is 0.303 e. The lowest BCUT2D eigenvalue weighted by atomic mass is 9.93. The highest BCUT2D eigenvalue weighted by molar-refractivity contribution is 8.15. The van der Waals surface area contributed by atoms with Gasteiger partial charge in [0.2, 0.25) is 5.91 Å². The lowest BCUT2D eigenvalue weighted by molar-refractivity contribution is -0.137. The number of rotatable bonds is 5. The number of carboxylic acids is 1. The van der Waals surface area contributed by atoms with Gasteiger partial charge in [0.05, 0.1) is 17.5 Å². The van der Waals surface area contributed by atoms with E-state index in [1.807, 2.05) is 0 Å². The summed E-state index contributed by atoms with van der Waals surface area (Å²) in [6, 6.07) is 0.232. The fourth-order valence-corrected chi connectivity index (χ4v) is 9.07. The molecule has 5 atom stereocenters. The van der Waals surface area contributed by atoms with Crippen LogP contribution in [0.4, 0.5) is 0 Å². The lowest BCUT2D eigenvalue weighted by Crippen LogP contribution is -2.47. The highest BCUT2D eigenvalue weighted by Gasteiger charge is 2.54. The van der Waals surface area contributed by atoms with E-state index in [2.05, 4.69) is 9.89 Å². The summed E-state index contributed by atoms with van der Waals surface area (Å²) >= 11 is 1.43. The second-order valence-electron chi connectivity index (χ2n) is 7.99. The van der Waals surface area contributed by atoms with E-state index in [1.165, 1.54) is 31.0 Å². The maximum absolute atomic E-state index is 12.2. The van der Waals surface area contributed by atoms with Gasteiger partial charge in [0.15, 0.2) is 15.0 Å². The molecule has 9 heteroatoms. The first-order valence-electron chi connectivity index (χ1n) is 9.31. The third-order valence-corrected chi connectivity index (χ3v) is 9.39. The summed E-state index contributed by atoms with van der Waals surface area (Å²) in [4.78, 5) is 29.3. The average molecular weight is 401 g/mol. The Morgan fingerprint density at radius 2 is 1.96 bits per heavy atom. The molecule has 0 aromatic heterocycles. The van der Waals surface area contributed by atoms with Gasteiger partial charge < -0.3 is 10.0 Å². The molecule has 2 aliphatic heterocycles. The van der Waals surface area contributed by atoms with Crippen molar-refractivity contribution in [1.82, 2.24) is 4.90 Å². The second-order valence-corrected chi connectivity index (χ2v) is 11.3. The second kappa shape index (κ2) is 6.82. The maximum Gasteiger partial charge on any atom is 0.303 e. The summed E-state index contributed by atoms with van der Waals surface area (Å²) in [6.45, 7) is 0. The molecule has 0 unspecified atom stereocenters. The van der Waals surface area contributed by atoms with Crippen LogP contribution in [0.15, 0.2) is 4.99 Å². The first kappa shape index (κ1) is 18.3. The molecule has 26 heavy (non-hydrogen) atoms. The van der Waals surface area contributed by atoms with Gasteiger partial charge in [-0.2, -0.15) is 4.99 Å². The van der Waals surface area contributed by atoms with Crippen molar-refractivity contribution in [3.05, 3.63) is 0 Å². The zero-order chi connectivity index (χ0) is 18.5. The molecule has 2 bridgehead atoms. The number of hydrogen-bond acceptors (Lipinski definition) is 5. The van der Waals surface area contributed by atoms with Crippen molar-refractivity contribution >= 4 is 38.6 Å². The van der Waals surface area contributed by atoms with E-state index >= 15 is 0 Å². The number of carboxylic acid groups (broad SMARTS) is 1. The summed E-state index contributed by atoms with van der Waals surface area (Å²) in [5.41, 5.74) is 0. The van der Waals surface area contributed by atoms with Gasteiger partial charge in [-0.1, -0.05) is 18.2 Å². The monoisotopic (exact) mass is 400 g/mol. The van der Waals surface area contributed by atoms with Crippen LogP contribution in [0.2, 0.25) is 0 Å². The van der Waals surface area contributed by atoms with Crippen molar-refractivity contribution < 1.29 is 23.1 Å². The fourth-order valence-electron chi connectivity index (χ4n) is 5.08. The van der Waals surface area contributed by atoms with Crippen molar-refractivity contribution in [2.24, 2.45) is 16.8 Å². The number of aliphatic imine (C=N–C) groups is 1. The molecule has 7 nitrogen and oxygen atoms in total. The van der Waals surface area contributed by atoms with E-state index in [0.29, 0.717) is 17.1 Å². The van der Waals surface area contributed by atoms with Gasteiger partial charge in [0.1, 0.15) is 0 Å². The van der Waals surface area contributed by atoms with Gasteiger partial charge in [0, 0.05) is 24.1 Å². The van der Waals surface area contributed by atoms with Crippen LogP contribution in [0.1, 0.15) is 44.9 Å². The Balaban J connectivity index is 1.52. The van der Waals surface area contributed by atoms with Crippen molar-refractivity contribution in [2.45, 2.75) is 62.3 Å². The van der Waals surface area contributed by atoms with Gasteiger partial charge >= 0.3 is 5.97 Å². The number of amides is 1. The minimum Gasteiger partial charge on any atom is -0.481 e. The molecule has 2 saturated heterocycles. The van der Waals surface area contributed by atoms with Crippen molar-refractivity contribution in [2.75, 3.05) is 11.5 Å². The third-order valence-electron chi connectivity index (χ3n) is 6.17. The zero-order valence-corrected chi connectivity index (χ0v) is 16.2. The molecule has 1 amide bonds. The van der Waals surface area contributed by atoms with Crippen LogP contribution < -0.4 is 0 Å². The molecule has 4 rings (SSSR count). The summed E-state index contributed by atoms with van der Waals surface area (Å²) < 4.78 is 24.2. The van der Waals surface area contributed by atoms with Crippen molar-refractivity contribution in [1.29, 1.82) is 0 Å². The van der Waals surface area contributed by atoms with Crippen molar-refractivity contribution in [3.8, 4) is 0 Å². The first-order valence-corrected chi connectivity index (χ1v) is 12.0. The minimum atomic E-state index is -3.02. The molecule has 4 aliphatic rings. The fraction of sp³-hybridized carbons (Fsp3) is 0.824. The quantitative estimate of drug-likeness (QED) is 0.746. The number of thioether (sulfide) groups is 1. The number of sulfone groups is 1. The molecule has 1 N–H and O–H groups in total. The molecule has 0 aromatic carbocycles. The number of hydrogen-bond donors (Lipinski definition) is 1. The molecule has 4 fully saturated rings. The third kappa shape index (κ3) is 3.52. The standard InChI is InChI=1S/C17H24N2O5S2/c20-15(2-1-3-16(21)22)18-17-19(12-7-10-4-5-11(12)6-10)13-8-26(23,24)9-14(13)25-17/h10-14H,1-9H2,(H,21,22)/t10-,11-,12-,13-,14+/m0/s1. The number of fused-ring (bicyclic) bond motifs is 3. The number of carbonyl (C=O) groups is 2. The molecule has 2 aliphatic carbocycles. The van der Waals surface area contributed by atoms with E-state index in [0.717, 1.165) is 12.3 Å². The SMILES string of the molecule is O=C(O)CCCC(=O)N=C1S[C@@H]2CS(=O)(=O)C[C@@H]2N1[C@H]1C[C@H]2CC[C@H]1C2. The molecule has 0 spiro atoms. The summed E-state index contributed by atoms with van der Waals surface area (Å²) in [5.74, 6) is 0.403. The van der Waals surface area contributed by atoms with E-state index in [1.54, 1.807) is 0 Å². The Hall–Kier alpha value is -1.09. The highest BCUT2D eigenvalue weighted by Crippen LogP contribution is 2.51. The Morgan fingerprint density at radius 1 is 1.15 bits per heavy atom. The molecule has 0 aromatic rings. The van der Waals surface area contributed by atoms with Gasteiger partial charge in [-0.15, -0.1) is 0 Å². The molecular weight excluding hydrogens is 376 g/mol. The predicted octanol–water partition coefficient (Wildman–Crippen LogP) is 1.53. The van der Waals surface area contributed by atoms with Crippen LogP contribution in [0.25, 0.3) is 0 Å². The van der Waals surface area contributed by atoms with Gasteiger partial charge in [-0.05, 0) is 37.5 Å². The summed E-state index contributed by atoms with van der Waals surface area (Å²) in [7, 11) is -3.02. The first-order chi connectivity index (χ1) is 12.3. The number of nitrogens with zero attached hydrogens (tertiary/aromatic N) is 2. The minimum absolute atomic E-state index is 0.0373. The van der Waals surface area contributed by atoms with Gasteiger partial charge in [0.25, 0.3) is 0 Å². The van der Waals surface area contributed by atoms with E-state index < -0.39 is 15.8 Å². The topological polar surface area (TPSA) is 104 Å². The average Bonchev–Trinajstić information content (AvgIpc) is 3.26. The number of carbonyl (C=O) groups excluding carboxylic acids is 1. The van der Waals surface area contributed by atoms with Gasteiger partial charge in [-0.25, -0.2) is 8.42 Å². The molecule has 0 radical (unpaired) electrons. The highest BCUT2D eigenvalue weighted by atomic mass is 32.2. The summed E-state index contributed by atoms with van der Waals surface area (Å²) in [5, 5.41) is 9.33. The van der Waals surface area contributed by atoms with E-state index in [-0.39, 0.29) is 48.0 Å². The maximum atomic E-state index is 12.2. The van der Waals surface area contributed by atoms with Gasteiger partial charge in [-0.3, -0.25) is 9.59 Å².